The third kappa shape index (κ3) is 9.99. The Hall–Kier alpha value is -0.600. The van der Waals surface area contributed by atoms with Crippen LogP contribution in [0.4, 0.5) is 0 Å². The molecule has 1 fully saturated rings. The molecule has 0 N–H and O–H groups in total. The number of methoxy groups -OCH3 is 1. The van der Waals surface area contributed by atoms with Crippen LogP contribution >= 0.6 is 0 Å². The molecular weight excluding hydrogens is 282 g/mol. The lowest BCUT2D eigenvalue weighted by atomic mass is 9.89. The van der Waals surface area contributed by atoms with E-state index >= 15 is 0 Å². The summed E-state index contributed by atoms with van der Waals surface area (Å²) in [7, 11) is 1.75. The average molecular weight is 322 g/mol. The van der Waals surface area contributed by atoms with E-state index in [2.05, 4.69) is 37.0 Å². The summed E-state index contributed by atoms with van der Waals surface area (Å²) in [5.74, 6) is 0.927. The van der Waals surface area contributed by atoms with Crippen molar-refractivity contribution >= 4 is 0 Å². The zero-order valence-corrected chi connectivity index (χ0v) is 15.9. The minimum absolute atomic E-state index is 0.705. The van der Waals surface area contributed by atoms with Crippen molar-refractivity contribution in [1.82, 2.24) is 4.90 Å². The van der Waals surface area contributed by atoms with E-state index in [1.807, 2.05) is 0 Å². The van der Waals surface area contributed by atoms with E-state index < -0.39 is 0 Å². The van der Waals surface area contributed by atoms with Gasteiger partial charge in [-0.2, -0.15) is 0 Å². The standard InChI is InChI=1S/C21H39NO/c1-4-6-7-11-16-22(19-21-13-9-8-10-14-21)18-20(5-2)15-12-17-23-3/h5,12,15,21H,4,6-11,13-14,16-19H2,1-3H3/b15-12-,20-5+. The monoisotopic (exact) mass is 321 g/mol. The predicted molar refractivity (Wildman–Crippen MR) is 102 cm³/mol. The van der Waals surface area contributed by atoms with Gasteiger partial charge in [0.25, 0.3) is 0 Å². The molecule has 0 spiro atoms. The Bertz CT molecular complexity index is 329. The van der Waals surface area contributed by atoms with Crippen molar-refractivity contribution in [2.45, 2.75) is 71.6 Å². The Labute approximate surface area is 145 Å². The zero-order valence-electron chi connectivity index (χ0n) is 15.9. The molecule has 1 rings (SSSR count). The Balaban J connectivity index is 2.49. The van der Waals surface area contributed by atoms with Gasteiger partial charge in [0, 0.05) is 20.2 Å². The third-order valence-electron chi connectivity index (χ3n) is 4.94. The van der Waals surface area contributed by atoms with Gasteiger partial charge in [0.15, 0.2) is 0 Å². The average Bonchev–Trinajstić information content (AvgIpc) is 2.58. The Morgan fingerprint density at radius 2 is 1.91 bits per heavy atom. The van der Waals surface area contributed by atoms with Gasteiger partial charge in [0.1, 0.15) is 0 Å². The van der Waals surface area contributed by atoms with Gasteiger partial charge < -0.3 is 4.74 Å². The molecule has 1 aliphatic rings. The first-order chi connectivity index (χ1) is 11.3. The van der Waals surface area contributed by atoms with Gasteiger partial charge in [0.05, 0.1) is 6.61 Å². The fraction of sp³-hybridized carbons (Fsp3) is 0.810. The van der Waals surface area contributed by atoms with E-state index in [-0.39, 0.29) is 0 Å². The largest absolute Gasteiger partial charge is 0.381 e. The van der Waals surface area contributed by atoms with Crippen LogP contribution in [0.3, 0.4) is 0 Å². The molecule has 23 heavy (non-hydrogen) atoms. The number of rotatable bonds is 12. The van der Waals surface area contributed by atoms with Crippen molar-refractivity contribution in [3.05, 3.63) is 23.8 Å². The van der Waals surface area contributed by atoms with Crippen LogP contribution in [0.2, 0.25) is 0 Å². The summed E-state index contributed by atoms with van der Waals surface area (Å²) in [4.78, 5) is 2.71. The van der Waals surface area contributed by atoms with E-state index in [0.717, 1.165) is 12.5 Å². The number of allylic oxidation sites excluding steroid dienone is 1. The van der Waals surface area contributed by atoms with Gasteiger partial charge in [0.2, 0.25) is 0 Å². The Morgan fingerprint density at radius 1 is 1.13 bits per heavy atom. The van der Waals surface area contributed by atoms with Crippen LogP contribution in [-0.4, -0.2) is 38.3 Å². The highest BCUT2D eigenvalue weighted by Crippen LogP contribution is 2.25. The summed E-state index contributed by atoms with van der Waals surface area (Å²) < 4.78 is 5.13. The minimum Gasteiger partial charge on any atom is -0.381 e. The van der Waals surface area contributed by atoms with Gasteiger partial charge in [-0.1, -0.05) is 63.7 Å². The molecular formula is C21H39NO. The molecule has 0 atom stereocenters. The van der Waals surface area contributed by atoms with Crippen LogP contribution in [-0.2, 0) is 4.74 Å². The molecule has 2 heteroatoms. The maximum atomic E-state index is 5.13. The maximum absolute atomic E-state index is 5.13. The van der Waals surface area contributed by atoms with Crippen molar-refractivity contribution in [1.29, 1.82) is 0 Å². The summed E-state index contributed by atoms with van der Waals surface area (Å²) >= 11 is 0. The highest BCUT2D eigenvalue weighted by molar-refractivity contribution is 5.19. The van der Waals surface area contributed by atoms with Crippen LogP contribution in [0, 0.1) is 5.92 Å². The van der Waals surface area contributed by atoms with E-state index in [0.29, 0.717) is 6.61 Å². The molecule has 0 radical (unpaired) electrons. The molecule has 0 unspecified atom stereocenters. The zero-order chi connectivity index (χ0) is 16.8. The molecule has 0 aromatic heterocycles. The first-order valence-corrected chi connectivity index (χ1v) is 9.83. The highest BCUT2D eigenvalue weighted by Gasteiger charge is 2.17. The number of unbranched alkanes of at least 4 members (excludes halogenated alkanes) is 3. The van der Waals surface area contributed by atoms with E-state index in [9.17, 15) is 0 Å². The summed E-state index contributed by atoms with van der Waals surface area (Å²) in [6.45, 7) is 8.80. The lowest BCUT2D eigenvalue weighted by Crippen LogP contribution is -2.33. The second kappa shape index (κ2) is 13.8. The summed E-state index contributed by atoms with van der Waals surface area (Å²) in [6, 6.07) is 0. The fourth-order valence-electron chi connectivity index (χ4n) is 3.53. The SMILES string of the molecule is C/C=C(\C=C/COC)CN(CCCCCC)CC1CCCCC1. The van der Waals surface area contributed by atoms with Crippen LogP contribution in [0.1, 0.15) is 71.6 Å². The predicted octanol–water partition coefficient (Wildman–Crippen LogP) is 5.60. The van der Waals surface area contributed by atoms with Crippen molar-refractivity contribution in [2.75, 3.05) is 33.4 Å². The first-order valence-electron chi connectivity index (χ1n) is 9.83. The summed E-state index contributed by atoms with van der Waals surface area (Å²) in [5.41, 5.74) is 1.42. The topological polar surface area (TPSA) is 12.5 Å². The van der Waals surface area contributed by atoms with Gasteiger partial charge in [-0.15, -0.1) is 0 Å². The van der Waals surface area contributed by atoms with Gasteiger partial charge in [-0.25, -0.2) is 0 Å². The van der Waals surface area contributed by atoms with Gasteiger partial charge in [-0.3, -0.25) is 4.90 Å². The van der Waals surface area contributed by atoms with Crippen LogP contribution in [0.25, 0.3) is 0 Å². The second-order valence-corrected chi connectivity index (χ2v) is 7.02. The molecule has 1 aliphatic carbocycles. The smallest absolute Gasteiger partial charge is 0.0646 e. The highest BCUT2D eigenvalue weighted by atomic mass is 16.5. The molecule has 0 heterocycles. The normalized spacial score (nSPS) is 17.5. The van der Waals surface area contributed by atoms with Crippen LogP contribution in [0.15, 0.2) is 23.8 Å². The number of nitrogens with zero attached hydrogens (tertiary/aromatic N) is 1. The summed E-state index contributed by atoms with van der Waals surface area (Å²) in [6.07, 6.45) is 19.3. The molecule has 1 saturated carbocycles. The van der Waals surface area contributed by atoms with Crippen LogP contribution < -0.4 is 0 Å². The van der Waals surface area contributed by atoms with E-state index in [1.165, 1.54) is 76.5 Å². The molecule has 0 saturated heterocycles. The lowest BCUT2D eigenvalue weighted by molar-refractivity contribution is 0.210. The molecule has 0 amide bonds. The molecule has 134 valence electrons. The number of ether oxygens (including phenoxy) is 1. The third-order valence-corrected chi connectivity index (χ3v) is 4.94. The Morgan fingerprint density at radius 3 is 2.57 bits per heavy atom. The first kappa shape index (κ1) is 20.4. The van der Waals surface area contributed by atoms with Crippen LogP contribution in [0.5, 0.6) is 0 Å². The quantitative estimate of drug-likeness (QED) is 0.343. The van der Waals surface area contributed by atoms with E-state index in [4.69, 9.17) is 4.74 Å². The van der Waals surface area contributed by atoms with Crippen molar-refractivity contribution in [3.63, 3.8) is 0 Å². The minimum atomic E-state index is 0.705. The number of hydrogen-bond acceptors (Lipinski definition) is 2. The molecule has 2 nitrogen and oxygen atoms in total. The van der Waals surface area contributed by atoms with Gasteiger partial charge >= 0.3 is 0 Å². The second-order valence-electron chi connectivity index (χ2n) is 7.02. The van der Waals surface area contributed by atoms with Crippen molar-refractivity contribution in [2.24, 2.45) is 5.92 Å². The molecule has 0 aromatic carbocycles. The molecule has 0 aromatic rings. The van der Waals surface area contributed by atoms with Crippen molar-refractivity contribution < 1.29 is 4.74 Å². The fourth-order valence-corrected chi connectivity index (χ4v) is 3.53. The molecule has 0 aliphatic heterocycles. The maximum Gasteiger partial charge on any atom is 0.0646 e. The number of hydrogen-bond donors (Lipinski definition) is 0. The van der Waals surface area contributed by atoms with Gasteiger partial charge in [-0.05, 0) is 44.2 Å². The van der Waals surface area contributed by atoms with E-state index in [1.54, 1.807) is 7.11 Å². The van der Waals surface area contributed by atoms with Crippen molar-refractivity contribution in [3.8, 4) is 0 Å². The molecule has 0 bridgehead atoms. The summed E-state index contributed by atoms with van der Waals surface area (Å²) in [5, 5.41) is 0. The Kier molecular flexibility index (Phi) is 12.3. The lowest BCUT2D eigenvalue weighted by Gasteiger charge is -2.30.